The lowest BCUT2D eigenvalue weighted by Crippen LogP contribution is -2.43. The van der Waals surface area contributed by atoms with Crippen LogP contribution in [0.1, 0.15) is 45.4 Å². The predicted octanol–water partition coefficient (Wildman–Crippen LogP) is 0.106. The average Bonchev–Trinajstić information content (AvgIpc) is 2.65. The molecule has 0 saturated carbocycles. The Balaban J connectivity index is 2.36. The van der Waals surface area contributed by atoms with Crippen LogP contribution in [0.4, 0.5) is 0 Å². The van der Waals surface area contributed by atoms with Gasteiger partial charge in [-0.1, -0.05) is 39.0 Å². The molecule has 0 spiro atoms. The molecule has 0 amide bonds. The summed E-state index contributed by atoms with van der Waals surface area (Å²) in [5, 5.41) is 38.3. The van der Waals surface area contributed by atoms with Crippen molar-refractivity contribution in [2.75, 3.05) is 19.8 Å². The van der Waals surface area contributed by atoms with Crippen LogP contribution in [0.25, 0.3) is 0 Å². The summed E-state index contributed by atoms with van der Waals surface area (Å²) in [6, 6.07) is -0.911. The van der Waals surface area contributed by atoms with E-state index in [0.29, 0.717) is 6.54 Å². The molecule has 5 nitrogen and oxygen atoms in total. The van der Waals surface area contributed by atoms with Crippen molar-refractivity contribution >= 4 is 0 Å². The van der Waals surface area contributed by atoms with Crippen LogP contribution in [-0.4, -0.2) is 69.4 Å². The summed E-state index contributed by atoms with van der Waals surface area (Å²) in [5.41, 5.74) is 0. The minimum absolute atomic E-state index is 0.190. The molecule has 19 heavy (non-hydrogen) atoms. The van der Waals surface area contributed by atoms with Crippen molar-refractivity contribution in [2.24, 2.45) is 0 Å². The molecule has 1 aliphatic rings. The maximum absolute atomic E-state index is 9.84. The summed E-state index contributed by atoms with van der Waals surface area (Å²) in [4.78, 5) is 1.86. The maximum Gasteiger partial charge on any atom is 0.0992 e. The van der Waals surface area contributed by atoms with Crippen molar-refractivity contribution < 1.29 is 20.4 Å². The Morgan fingerprint density at radius 2 is 1.26 bits per heavy atom. The van der Waals surface area contributed by atoms with Gasteiger partial charge in [0.05, 0.1) is 37.5 Å². The standard InChI is InChI=1S/C14H29NO4/c1-2-3-4-5-6-7-8-15-11(9-16)13(18)14(19)12(15)10-17/h11-14,16-19H,2-10H2,1H3/t11-,12+,13-,14-/m1/s1. The van der Waals surface area contributed by atoms with Crippen LogP contribution < -0.4 is 0 Å². The Hall–Kier alpha value is -0.200. The van der Waals surface area contributed by atoms with Gasteiger partial charge in [0.15, 0.2) is 0 Å². The van der Waals surface area contributed by atoms with Crippen molar-refractivity contribution in [2.45, 2.75) is 69.7 Å². The Labute approximate surface area is 115 Å². The molecule has 0 aliphatic carbocycles. The van der Waals surface area contributed by atoms with Crippen LogP contribution in [0.2, 0.25) is 0 Å². The third kappa shape index (κ3) is 4.39. The highest BCUT2D eigenvalue weighted by Gasteiger charge is 2.46. The summed E-state index contributed by atoms with van der Waals surface area (Å²) >= 11 is 0. The van der Waals surface area contributed by atoms with Crippen molar-refractivity contribution in [1.82, 2.24) is 4.90 Å². The summed E-state index contributed by atoms with van der Waals surface area (Å²) in [6.45, 7) is 2.51. The number of rotatable bonds is 9. The van der Waals surface area contributed by atoms with Crippen molar-refractivity contribution in [1.29, 1.82) is 0 Å². The molecule has 1 fully saturated rings. The van der Waals surface area contributed by atoms with E-state index in [2.05, 4.69) is 6.92 Å². The van der Waals surface area contributed by atoms with Crippen LogP contribution in [0, 0.1) is 0 Å². The van der Waals surface area contributed by atoms with E-state index < -0.39 is 24.3 Å². The van der Waals surface area contributed by atoms with Crippen LogP contribution in [0.5, 0.6) is 0 Å². The predicted molar refractivity (Wildman–Crippen MR) is 73.8 cm³/mol. The van der Waals surface area contributed by atoms with Crippen LogP contribution in [0.3, 0.4) is 0 Å². The van der Waals surface area contributed by atoms with Gasteiger partial charge in [0.2, 0.25) is 0 Å². The highest BCUT2D eigenvalue weighted by Crippen LogP contribution is 2.25. The molecule has 1 heterocycles. The Morgan fingerprint density at radius 1 is 0.789 bits per heavy atom. The summed E-state index contributed by atoms with van der Waals surface area (Å²) in [6.07, 6.45) is 5.07. The smallest absolute Gasteiger partial charge is 0.0992 e. The molecule has 4 atom stereocenters. The highest BCUT2D eigenvalue weighted by molar-refractivity contribution is 5.00. The zero-order valence-corrected chi connectivity index (χ0v) is 11.9. The molecule has 0 unspecified atom stereocenters. The van der Waals surface area contributed by atoms with Gasteiger partial charge in [-0.15, -0.1) is 0 Å². The molecule has 0 aromatic rings. The molecular formula is C14H29NO4. The number of unbranched alkanes of at least 4 members (excludes halogenated alkanes) is 5. The van der Waals surface area contributed by atoms with Gasteiger partial charge in [0, 0.05) is 0 Å². The van der Waals surface area contributed by atoms with E-state index in [1.165, 1.54) is 25.7 Å². The van der Waals surface area contributed by atoms with Crippen molar-refractivity contribution in [3.8, 4) is 0 Å². The molecule has 114 valence electrons. The molecule has 1 rings (SSSR count). The van der Waals surface area contributed by atoms with E-state index >= 15 is 0 Å². The molecule has 1 saturated heterocycles. The van der Waals surface area contributed by atoms with E-state index in [9.17, 15) is 20.4 Å². The molecule has 5 heteroatoms. The van der Waals surface area contributed by atoms with E-state index in [1.807, 2.05) is 4.90 Å². The minimum atomic E-state index is -0.970. The Bertz CT molecular complexity index is 223. The van der Waals surface area contributed by atoms with Crippen LogP contribution >= 0.6 is 0 Å². The first kappa shape index (κ1) is 16.9. The lowest BCUT2D eigenvalue weighted by Gasteiger charge is -2.28. The van der Waals surface area contributed by atoms with Gasteiger partial charge in [-0.25, -0.2) is 0 Å². The van der Waals surface area contributed by atoms with Crippen LogP contribution in [-0.2, 0) is 0 Å². The van der Waals surface area contributed by atoms with Gasteiger partial charge in [-0.05, 0) is 13.0 Å². The number of aliphatic hydroxyl groups excluding tert-OH is 4. The first-order chi connectivity index (χ1) is 9.17. The quantitative estimate of drug-likeness (QED) is 0.449. The van der Waals surface area contributed by atoms with Crippen LogP contribution in [0.15, 0.2) is 0 Å². The minimum Gasteiger partial charge on any atom is -0.395 e. The van der Waals surface area contributed by atoms with Gasteiger partial charge in [-0.3, -0.25) is 4.90 Å². The second-order valence-corrected chi connectivity index (χ2v) is 5.49. The first-order valence-corrected chi connectivity index (χ1v) is 7.51. The highest BCUT2D eigenvalue weighted by atomic mass is 16.3. The number of nitrogens with zero attached hydrogens (tertiary/aromatic N) is 1. The number of hydrogen-bond acceptors (Lipinski definition) is 5. The molecular weight excluding hydrogens is 246 g/mol. The molecule has 4 N–H and O–H groups in total. The number of likely N-dealkylation sites (tertiary alicyclic amines) is 1. The fraction of sp³-hybridized carbons (Fsp3) is 1.00. The third-order valence-corrected chi connectivity index (χ3v) is 4.13. The molecule has 0 bridgehead atoms. The van der Waals surface area contributed by atoms with E-state index in [1.54, 1.807) is 0 Å². The molecule has 0 radical (unpaired) electrons. The zero-order valence-electron chi connectivity index (χ0n) is 11.9. The van der Waals surface area contributed by atoms with Gasteiger partial charge < -0.3 is 20.4 Å². The SMILES string of the molecule is CCCCCCCCN1[C@H](CO)[C@@H](O)[C@H](O)[C@@H]1CO. The summed E-state index contributed by atoms with van der Waals surface area (Å²) in [7, 11) is 0. The lowest BCUT2D eigenvalue weighted by atomic mass is 10.1. The average molecular weight is 275 g/mol. The number of hydrogen-bond donors (Lipinski definition) is 4. The fourth-order valence-corrected chi connectivity index (χ4v) is 2.93. The molecule has 0 aromatic carbocycles. The largest absolute Gasteiger partial charge is 0.395 e. The number of aliphatic hydroxyl groups is 4. The second kappa shape index (κ2) is 8.87. The topological polar surface area (TPSA) is 84.2 Å². The molecule has 0 aromatic heterocycles. The second-order valence-electron chi connectivity index (χ2n) is 5.49. The summed E-state index contributed by atoms with van der Waals surface area (Å²) in [5.74, 6) is 0. The van der Waals surface area contributed by atoms with E-state index in [0.717, 1.165) is 12.8 Å². The van der Waals surface area contributed by atoms with Gasteiger partial charge in [0.25, 0.3) is 0 Å². The molecule has 1 aliphatic heterocycles. The third-order valence-electron chi connectivity index (χ3n) is 4.13. The van der Waals surface area contributed by atoms with Crippen molar-refractivity contribution in [3.63, 3.8) is 0 Å². The summed E-state index contributed by atoms with van der Waals surface area (Å²) < 4.78 is 0. The first-order valence-electron chi connectivity index (χ1n) is 7.51. The normalized spacial score (nSPS) is 32.1. The maximum atomic E-state index is 9.84. The van der Waals surface area contributed by atoms with E-state index in [-0.39, 0.29) is 13.2 Å². The Kier molecular flexibility index (Phi) is 7.87. The Morgan fingerprint density at radius 3 is 1.74 bits per heavy atom. The van der Waals surface area contributed by atoms with Gasteiger partial charge >= 0.3 is 0 Å². The van der Waals surface area contributed by atoms with Gasteiger partial charge in [-0.2, -0.15) is 0 Å². The van der Waals surface area contributed by atoms with Gasteiger partial charge in [0.1, 0.15) is 0 Å². The van der Waals surface area contributed by atoms with Crippen molar-refractivity contribution in [3.05, 3.63) is 0 Å². The van der Waals surface area contributed by atoms with E-state index in [4.69, 9.17) is 0 Å². The lowest BCUT2D eigenvalue weighted by molar-refractivity contribution is 0.0130. The monoisotopic (exact) mass is 275 g/mol. The zero-order chi connectivity index (χ0) is 14.3. The fourth-order valence-electron chi connectivity index (χ4n) is 2.93.